The number of ether oxygens (including phenoxy) is 1. The maximum absolute atomic E-state index is 5.55. The third-order valence-electron chi connectivity index (χ3n) is 5.29. The van der Waals surface area contributed by atoms with Crippen molar-refractivity contribution in [3.05, 3.63) is 59.8 Å². The largest absolute Gasteiger partial charge is 0.494 e. The van der Waals surface area contributed by atoms with Crippen LogP contribution in [0.5, 0.6) is 5.75 Å². The summed E-state index contributed by atoms with van der Waals surface area (Å²) in [6.07, 6.45) is 4.39. The molecule has 0 aliphatic carbocycles. The second-order valence-corrected chi connectivity index (χ2v) is 7.28. The Morgan fingerprint density at radius 1 is 1.15 bits per heavy atom. The average Bonchev–Trinajstić information content (AvgIpc) is 2.70. The second kappa shape index (κ2) is 7.47. The molecule has 0 bridgehead atoms. The highest BCUT2D eigenvalue weighted by Gasteiger charge is 2.25. The van der Waals surface area contributed by atoms with Crippen LogP contribution in [0.15, 0.2) is 48.7 Å². The predicted octanol–water partition coefficient (Wildman–Crippen LogP) is 5.14. The fraction of sp³-hybridized carbons (Fsp3) is 0.348. The summed E-state index contributed by atoms with van der Waals surface area (Å²) in [7, 11) is 1.71. The zero-order valence-corrected chi connectivity index (χ0v) is 16.4. The minimum Gasteiger partial charge on any atom is -0.494 e. The number of fused-ring (bicyclic) bond motifs is 3. The molecule has 4 nitrogen and oxygen atoms in total. The summed E-state index contributed by atoms with van der Waals surface area (Å²) in [6.45, 7) is 7.21. The smallest absolute Gasteiger partial charge is 0.145 e. The molecule has 3 aromatic rings. The molecular formula is C23H27N3O. The first-order valence-electron chi connectivity index (χ1n) is 9.72. The van der Waals surface area contributed by atoms with Gasteiger partial charge in [-0.3, -0.25) is 4.98 Å². The summed E-state index contributed by atoms with van der Waals surface area (Å²) in [4.78, 5) is 9.70. The van der Waals surface area contributed by atoms with E-state index in [9.17, 15) is 0 Å². The first kappa shape index (κ1) is 17.7. The zero-order valence-electron chi connectivity index (χ0n) is 16.4. The van der Waals surface area contributed by atoms with Crippen molar-refractivity contribution in [3.63, 3.8) is 0 Å². The molecule has 140 valence electrons. The van der Waals surface area contributed by atoms with Crippen LogP contribution in [0.2, 0.25) is 0 Å². The lowest BCUT2D eigenvalue weighted by Gasteiger charge is -2.40. The van der Waals surface area contributed by atoms with Crippen LogP contribution in [0, 0.1) is 6.92 Å². The molecule has 0 spiro atoms. The molecule has 4 heteroatoms. The Bertz CT molecular complexity index is 954. The molecular weight excluding hydrogens is 334 g/mol. The van der Waals surface area contributed by atoms with Gasteiger partial charge in [-0.1, -0.05) is 37.6 Å². The molecule has 0 saturated heterocycles. The van der Waals surface area contributed by atoms with Crippen LogP contribution in [0.4, 0.5) is 11.4 Å². The van der Waals surface area contributed by atoms with Crippen molar-refractivity contribution in [2.75, 3.05) is 30.1 Å². The molecule has 27 heavy (non-hydrogen) atoms. The van der Waals surface area contributed by atoms with Crippen molar-refractivity contribution in [2.24, 2.45) is 0 Å². The van der Waals surface area contributed by atoms with Crippen LogP contribution in [0.25, 0.3) is 10.9 Å². The normalized spacial score (nSPS) is 13.7. The van der Waals surface area contributed by atoms with Crippen LogP contribution < -0.4 is 14.5 Å². The van der Waals surface area contributed by atoms with Crippen LogP contribution in [-0.4, -0.2) is 25.3 Å². The van der Waals surface area contributed by atoms with Crippen molar-refractivity contribution in [1.29, 1.82) is 0 Å². The van der Waals surface area contributed by atoms with Gasteiger partial charge in [-0.25, -0.2) is 0 Å². The van der Waals surface area contributed by atoms with Gasteiger partial charge >= 0.3 is 0 Å². The van der Waals surface area contributed by atoms with E-state index in [1.165, 1.54) is 40.7 Å². The van der Waals surface area contributed by atoms with E-state index in [0.29, 0.717) is 0 Å². The van der Waals surface area contributed by atoms with Crippen LogP contribution >= 0.6 is 0 Å². The van der Waals surface area contributed by atoms with Gasteiger partial charge in [0, 0.05) is 35.9 Å². The van der Waals surface area contributed by atoms with Crippen molar-refractivity contribution in [3.8, 4) is 5.75 Å². The second-order valence-electron chi connectivity index (χ2n) is 7.28. The highest BCUT2D eigenvalue weighted by molar-refractivity contribution is 5.97. The summed E-state index contributed by atoms with van der Waals surface area (Å²) in [6, 6.07) is 15.0. The van der Waals surface area contributed by atoms with E-state index < -0.39 is 0 Å². The fourth-order valence-corrected chi connectivity index (χ4v) is 3.94. The van der Waals surface area contributed by atoms with Crippen molar-refractivity contribution >= 4 is 22.3 Å². The number of rotatable bonds is 5. The SMILES string of the molecule is CCCCN1CN(c2cccc(C)c2)Cc2cnc3c(OC)cccc3c21. The summed E-state index contributed by atoms with van der Waals surface area (Å²) >= 11 is 0. The van der Waals surface area contributed by atoms with Crippen molar-refractivity contribution < 1.29 is 4.74 Å². The zero-order chi connectivity index (χ0) is 18.8. The lowest BCUT2D eigenvalue weighted by Crippen LogP contribution is -2.43. The standard InChI is InChI=1S/C23H27N3O/c1-4-5-12-25-16-26(19-9-6-8-17(2)13-19)15-18-14-24-22-20(23(18)25)10-7-11-21(22)27-3/h6-11,13-14H,4-5,12,15-16H2,1-3H3. The lowest BCUT2D eigenvalue weighted by molar-refractivity contribution is 0.419. The number of aryl methyl sites for hydroxylation is 1. The summed E-state index contributed by atoms with van der Waals surface area (Å²) in [5, 5.41) is 1.19. The Morgan fingerprint density at radius 3 is 2.78 bits per heavy atom. The topological polar surface area (TPSA) is 28.6 Å². The summed E-state index contributed by atoms with van der Waals surface area (Å²) < 4.78 is 5.55. The Morgan fingerprint density at radius 2 is 2.00 bits per heavy atom. The first-order valence-corrected chi connectivity index (χ1v) is 9.72. The van der Waals surface area contributed by atoms with Gasteiger partial charge < -0.3 is 14.5 Å². The quantitative estimate of drug-likeness (QED) is 0.629. The van der Waals surface area contributed by atoms with Crippen LogP contribution in [-0.2, 0) is 6.54 Å². The van der Waals surface area contributed by atoms with Gasteiger partial charge in [0.15, 0.2) is 0 Å². The molecule has 1 aromatic heterocycles. The van der Waals surface area contributed by atoms with Crippen LogP contribution in [0.3, 0.4) is 0 Å². The Kier molecular flexibility index (Phi) is 4.88. The Balaban J connectivity index is 1.81. The molecule has 0 saturated carbocycles. The van der Waals surface area contributed by atoms with E-state index in [1.807, 2.05) is 12.3 Å². The van der Waals surface area contributed by atoms with Gasteiger partial charge in [-0.15, -0.1) is 0 Å². The molecule has 4 rings (SSSR count). The summed E-state index contributed by atoms with van der Waals surface area (Å²) in [5.41, 5.74) is 6.10. The van der Waals surface area contributed by atoms with Gasteiger partial charge in [0.2, 0.25) is 0 Å². The number of pyridine rings is 1. The predicted molar refractivity (Wildman–Crippen MR) is 113 cm³/mol. The highest BCUT2D eigenvalue weighted by atomic mass is 16.5. The van der Waals surface area contributed by atoms with Gasteiger partial charge in [-0.05, 0) is 37.1 Å². The van der Waals surface area contributed by atoms with Gasteiger partial charge in [0.05, 0.1) is 19.5 Å². The Labute approximate surface area is 161 Å². The number of unbranched alkanes of at least 4 members (excludes halogenated alkanes) is 1. The molecule has 1 aliphatic rings. The molecule has 0 N–H and O–H groups in total. The van der Waals surface area contributed by atoms with Gasteiger partial charge in [0.25, 0.3) is 0 Å². The van der Waals surface area contributed by atoms with E-state index in [1.54, 1.807) is 7.11 Å². The van der Waals surface area contributed by atoms with Gasteiger partial charge in [-0.2, -0.15) is 0 Å². The summed E-state index contributed by atoms with van der Waals surface area (Å²) in [5.74, 6) is 0.840. The maximum Gasteiger partial charge on any atom is 0.145 e. The van der Waals surface area contributed by atoms with Crippen LogP contribution in [0.1, 0.15) is 30.9 Å². The number of hydrogen-bond donors (Lipinski definition) is 0. The lowest BCUT2D eigenvalue weighted by atomic mass is 10.0. The first-order chi connectivity index (χ1) is 13.2. The van der Waals surface area contributed by atoms with E-state index in [-0.39, 0.29) is 0 Å². The maximum atomic E-state index is 5.55. The molecule has 0 radical (unpaired) electrons. The number of hydrogen-bond acceptors (Lipinski definition) is 4. The third-order valence-corrected chi connectivity index (χ3v) is 5.29. The molecule has 2 aromatic carbocycles. The number of methoxy groups -OCH3 is 1. The highest BCUT2D eigenvalue weighted by Crippen LogP contribution is 2.38. The van der Waals surface area contributed by atoms with E-state index in [0.717, 1.165) is 31.0 Å². The number of para-hydroxylation sites is 1. The molecule has 1 aliphatic heterocycles. The Hall–Kier alpha value is -2.75. The van der Waals surface area contributed by atoms with E-state index in [4.69, 9.17) is 9.72 Å². The molecule has 0 atom stereocenters. The minimum atomic E-state index is 0.840. The van der Waals surface area contributed by atoms with E-state index in [2.05, 4.69) is 60.0 Å². The van der Waals surface area contributed by atoms with E-state index >= 15 is 0 Å². The van der Waals surface area contributed by atoms with Crippen molar-refractivity contribution in [1.82, 2.24) is 4.98 Å². The minimum absolute atomic E-state index is 0.840. The number of nitrogens with zero attached hydrogens (tertiary/aromatic N) is 3. The van der Waals surface area contributed by atoms with Gasteiger partial charge in [0.1, 0.15) is 11.3 Å². The average molecular weight is 361 g/mol. The number of benzene rings is 2. The number of anilines is 2. The molecule has 0 amide bonds. The molecule has 0 unspecified atom stereocenters. The molecule has 2 heterocycles. The fourth-order valence-electron chi connectivity index (χ4n) is 3.94. The van der Waals surface area contributed by atoms with Crippen molar-refractivity contribution in [2.45, 2.75) is 33.2 Å². The third kappa shape index (κ3) is 3.32. The monoisotopic (exact) mass is 361 g/mol. The number of aromatic nitrogens is 1. The molecule has 0 fully saturated rings.